The van der Waals surface area contributed by atoms with E-state index in [2.05, 4.69) is 51.6 Å². The number of benzene rings is 1. The van der Waals surface area contributed by atoms with Crippen molar-refractivity contribution in [3.8, 4) is 0 Å². The number of nitrogens with zero attached hydrogens (tertiary/aromatic N) is 3. The van der Waals surface area contributed by atoms with Crippen molar-refractivity contribution in [3.63, 3.8) is 0 Å². The first kappa shape index (κ1) is 13.5. The van der Waals surface area contributed by atoms with E-state index in [1.807, 2.05) is 12.1 Å². The first-order valence-corrected chi connectivity index (χ1v) is 7.25. The molecule has 3 aromatic rings. The van der Waals surface area contributed by atoms with Crippen molar-refractivity contribution >= 4 is 17.0 Å². The number of nitrogen functional groups attached to an aromatic ring is 1. The Hall–Kier alpha value is -2.43. The zero-order valence-corrected chi connectivity index (χ0v) is 12.1. The fraction of sp³-hybridized carbons (Fsp3) is 0.312. The molecule has 1 aromatic carbocycles. The highest BCUT2D eigenvalue weighted by Gasteiger charge is 2.14. The lowest BCUT2D eigenvalue weighted by molar-refractivity contribution is 0.636. The number of H-pyrrole nitrogens is 1. The summed E-state index contributed by atoms with van der Waals surface area (Å²) >= 11 is 0. The molecule has 0 aliphatic rings. The molecule has 1 atom stereocenters. The molecule has 3 rings (SSSR count). The predicted molar refractivity (Wildman–Crippen MR) is 83.9 cm³/mol. The smallest absolute Gasteiger partial charge is 0.203 e. The van der Waals surface area contributed by atoms with Gasteiger partial charge in [-0.15, -0.1) is 5.10 Å². The summed E-state index contributed by atoms with van der Waals surface area (Å²) in [6.45, 7) is 2.20. The van der Waals surface area contributed by atoms with Crippen LogP contribution in [0.25, 0.3) is 11.2 Å². The number of pyridine rings is 1. The Morgan fingerprint density at radius 1 is 1.19 bits per heavy atom. The van der Waals surface area contributed by atoms with Crippen LogP contribution >= 0.6 is 0 Å². The number of rotatable bonds is 5. The maximum atomic E-state index is 5.85. The molecule has 0 bridgehead atoms. The van der Waals surface area contributed by atoms with Crippen molar-refractivity contribution in [2.45, 2.75) is 32.1 Å². The normalized spacial score (nSPS) is 12.6. The number of aromatic nitrogens is 4. The van der Waals surface area contributed by atoms with Crippen LogP contribution in [0, 0.1) is 0 Å². The van der Waals surface area contributed by atoms with E-state index in [0.29, 0.717) is 17.4 Å². The molecule has 1 unspecified atom stereocenters. The Kier molecular flexibility index (Phi) is 3.81. The number of anilines is 1. The third kappa shape index (κ3) is 3.02. The van der Waals surface area contributed by atoms with Gasteiger partial charge in [-0.2, -0.15) is 10.3 Å². The van der Waals surface area contributed by atoms with E-state index in [1.54, 1.807) is 0 Å². The van der Waals surface area contributed by atoms with Gasteiger partial charge in [0.15, 0.2) is 0 Å². The van der Waals surface area contributed by atoms with Gasteiger partial charge in [0.1, 0.15) is 11.3 Å². The van der Waals surface area contributed by atoms with Crippen LogP contribution < -0.4 is 5.73 Å². The molecular formula is C16H19N5. The molecule has 0 fully saturated rings. The molecule has 5 heteroatoms. The summed E-state index contributed by atoms with van der Waals surface area (Å²) in [6.07, 6.45) is 3.31. The number of fused-ring (bicyclic) bond motifs is 1. The molecule has 0 saturated carbocycles. The van der Waals surface area contributed by atoms with E-state index in [-0.39, 0.29) is 0 Å². The summed E-state index contributed by atoms with van der Waals surface area (Å²) in [5, 5.41) is 10.8. The third-order valence-corrected chi connectivity index (χ3v) is 3.82. The Bertz CT molecular complexity index is 720. The molecule has 0 spiro atoms. The van der Waals surface area contributed by atoms with Crippen LogP contribution in [-0.4, -0.2) is 20.4 Å². The molecule has 0 aliphatic carbocycles. The van der Waals surface area contributed by atoms with Crippen LogP contribution in [-0.2, 0) is 6.42 Å². The lowest BCUT2D eigenvalue weighted by Crippen LogP contribution is -2.00. The first-order valence-electron chi connectivity index (χ1n) is 7.25. The highest BCUT2D eigenvalue weighted by atomic mass is 15.3. The lowest BCUT2D eigenvalue weighted by atomic mass is 9.94. The highest BCUT2D eigenvalue weighted by Crippen LogP contribution is 2.27. The molecule has 0 radical (unpaired) electrons. The van der Waals surface area contributed by atoms with Crippen molar-refractivity contribution in [1.82, 2.24) is 20.4 Å². The van der Waals surface area contributed by atoms with Gasteiger partial charge in [0.2, 0.25) is 5.65 Å². The number of nitrogens with one attached hydrogen (secondary N) is 1. The van der Waals surface area contributed by atoms with Crippen LogP contribution in [0.2, 0.25) is 0 Å². The molecular weight excluding hydrogens is 262 g/mol. The van der Waals surface area contributed by atoms with Crippen LogP contribution in [0.5, 0.6) is 0 Å². The Morgan fingerprint density at radius 3 is 2.81 bits per heavy atom. The monoisotopic (exact) mass is 281 g/mol. The van der Waals surface area contributed by atoms with Crippen molar-refractivity contribution in [3.05, 3.63) is 47.5 Å². The summed E-state index contributed by atoms with van der Waals surface area (Å²) < 4.78 is 0. The van der Waals surface area contributed by atoms with Gasteiger partial charge < -0.3 is 5.73 Å². The van der Waals surface area contributed by atoms with Gasteiger partial charge in [0, 0.05) is 0 Å². The van der Waals surface area contributed by atoms with E-state index in [9.17, 15) is 0 Å². The summed E-state index contributed by atoms with van der Waals surface area (Å²) in [5.74, 6) is 0.882. The molecule has 0 saturated heterocycles. The second-order valence-corrected chi connectivity index (χ2v) is 5.41. The topological polar surface area (TPSA) is 80.5 Å². The minimum absolute atomic E-state index is 0.381. The second kappa shape index (κ2) is 5.91. The first-order chi connectivity index (χ1) is 10.2. The highest BCUT2D eigenvalue weighted by molar-refractivity contribution is 5.76. The summed E-state index contributed by atoms with van der Waals surface area (Å²) in [6, 6.07) is 12.5. The average molecular weight is 281 g/mol. The van der Waals surface area contributed by atoms with Gasteiger partial charge in [0.25, 0.3) is 0 Å². The summed E-state index contributed by atoms with van der Waals surface area (Å²) in [4.78, 5) is 4.18. The van der Waals surface area contributed by atoms with E-state index in [4.69, 9.17) is 5.73 Å². The SMILES string of the molecule is CC(CCCc1ccccc1)c1cc(N)nc2n[nH]nc12. The van der Waals surface area contributed by atoms with Crippen molar-refractivity contribution in [1.29, 1.82) is 0 Å². The van der Waals surface area contributed by atoms with E-state index >= 15 is 0 Å². The maximum Gasteiger partial charge on any atom is 0.203 e. The van der Waals surface area contributed by atoms with Gasteiger partial charge >= 0.3 is 0 Å². The largest absolute Gasteiger partial charge is 0.384 e. The van der Waals surface area contributed by atoms with Crippen LogP contribution in [0.3, 0.4) is 0 Å². The van der Waals surface area contributed by atoms with E-state index in [1.165, 1.54) is 5.56 Å². The van der Waals surface area contributed by atoms with E-state index in [0.717, 1.165) is 30.3 Å². The number of hydrogen-bond donors (Lipinski definition) is 2. The molecule has 5 nitrogen and oxygen atoms in total. The molecule has 21 heavy (non-hydrogen) atoms. The average Bonchev–Trinajstić information content (AvgIpc) is 2.95. The van der Waals surface area contributed by atoms with E-state index < -0.39 is 0 Å². The number of aryl methyl sites for hydroxylation is 1. The third-order valence-electron chi connectivity index (χ3n) is 3.82. The number of hydrogen-bond acceptors (Lipinski definition) is 4. The molecule has 108 valence electrons. The zero-order chi connectivity index (χ0) is 14.7. The number of aromatic amines is 1. The summed E-state index contributed by atoms with van der Waals surface area (Å²) in [7, 11) is 0. The molecule has 0 aliphatic heterocycles. The van der Waals surface area contributed by atoms with Gasteiger partial charge in [-0.05, 0) is 42.4 Å². The predicted octanol–water partition coefficient (Wildman–Crippen LogP) is 3.06. The van der Waals surface area contributed by atoms with Crippen molar-refractivity contribution in [2.75, 3.05) is 5.73 Å². The molecule has 2 aromatic heterocycles. The minimum Gasteiger partial charge on any atom is -0.384 e. The molecule has 2 heterocycles. The van der Waals surface area contributed by atoms with Gasteiger partial charge in [-0.25, -0.2) is 4.98 Å². The Morgan fingerprint density at radius 2 is 2.00 bits per heavy atom. The standard InChI is InChI=1S/C16H19N5/c1-11(6-5-9-12-7-3-2-4-8-12)13-10-14(17)18-16-15(13)19-21-20-16/h2-4,7-8,10-11H,5-6,9H2,1H3,(H3,17,18,19,20,21). The van der Waals surface area contributed by atoms with Crippen molar-refractivity contribution < 1.29 is 0 Å². The summed E-state index contributed by atoms with van der Waals surface area (Å²) in [5.41, 5.74) is 9.78. The zero-order valence-electron chi connectivity index (χ0n) is 12.1. The fourth-order valence-electron chi connectivity index (χ4n) is 2.67. The minimum atomic E-state index is 0.381. The van der Waals surface area contributed by atoms with Crippen LogP contribution in [0.4, 0.5) is 5.82 Å². The maximum absolute atomic E-state index is 5.85. The van der Waals surface area contributed by atoms with Gasteiger partial charge in [-0.3, -0.25) is 0 Å². The lowest BCUT2D eigenvalue weighted by Gasteiger charge is -2.12. The quantitative estimate of drug-likeness (QED) is 0.753. The Balaban J connectivity index is 1.69. The van der Waals surface area contributed by atoms with Gasteiger partial charge in [0.05, 0.1) is 0 Å². The fourth-order valence-corrected chi connectivity index (χ4v) is 2.67. The molecule has 0 amide bonds. The molecule has 3 N–H and O–H groups in total. The van der Waals surface area contributed by atoms with Crippen LogP contribution in [0.15, 0.2) is 36.4 Å². The van der Waals surface area contributed by atoms with Crippen molar-refractivity contribution in [2.24, 2.45) is 0 Å². The second-order valence-electron chi connectivity index (χ2n) is 5.41. The Labute approximate surface area is 123 Å². The van der Waals surface area contributed by atoms with Gasteiger partial charge in [-0.1, -0.05) is 37.3 Å². The van der Waals surface area contributed by atoms with Crippen LogP contribution in [0.1, 0.15) is 36.8 Å². The number of nitrogens with two attached hydrogens (primary N) is 1.